The smallest absolute Gasteiger partial charge is 0.340 e. The maximum Gasteiger partial charge on any atom is 0.340 e. The van der Waals surface area contributed by atoms with E-state index in [1.165, 1.54) is 0 Å². The van der Waals surface area contributed by atoms with Crippen LogP contribution in [0.4, 0.5) is 5.69 Å². The van der Waals surface area contributed by atoms with Gasteiger partial charge in [0.25, 0.3) is 0 Å². The molecule has 0 aliphatic carbocycles. The second-order valence-corrected chi connectivity index (χ2v) is 11.7. The molecule has 1 rings (SSSR count). The summed E-state index contributed by atoms with van der Waals surface area (Å²) >= 11 is 11.6. The van der Waals surface area contributed by atoms with Crippen molar-refractivity contribution in [3.63, 3.8) is 0 Å². The highest BCUT2D eigenvalue weighted by molar-refractivity contribution is 7.70. The third-order valence-corrected chi connectivity index (χ3v) is 8.73. The Morgan fingerprint density at radius 1 is 1.03 bits per heavy atom. The molecule has 0 radical (unpaired) electrons. The van der Waals surface area contributed by atoms with Crippen LogP contribution in [-0.2, 0) is 20.3 Å². The van der Waals surface area contributed by atoms with Crippen LogP contribution in [0.1, 0.15) is 18.4 Å². The maximum atomic E-state index is 12.2. The Bertz CT molecular complexity index is 760. The fraction of sp³-hybridized carbons (Fsp3) is 0.588. The van der Waals surface area contributed by atoms with Crippen LogP contribution < -0.4 is 16.0 Å². The van der Waals surface area contributed by atoms with E-state index in [2.05, 4.69) is 5.32 Å². The summed E-state index contributed by atoms with van der Waals surface area (Å²) in [7, 11) is -9.93. The molecule has 1 aromatic carbocycles. The predicted molar refractivity (Wildman–Crippen MR) is 122 cm³/mol. The van der Waals surface area contributed by atoms with Crippen molar-refractivity contribution in [3.05, 3.63) is 29.8 Å². The van der Waals surface area contributed by atoms with Gasteiger partial charge in [-0.1, -0.05) is 12.1 Å². The molecule has 0 aliphatic heterocycles. The summed E-state index contributed by atoms with van der Waals surface area (Å²) in [4.78, 5) is 50.5. The van der Waals surface area contributed by atoms with Crippen molar-refractivity contribution >= 4 is 50.0 Å². The van der Waals surface area contributed by atoms with E-state index in [-0.39, 0.29) is 19.4 Å². The van der Waals surface area contributed by atoms with Crippen molar-refractivity contribution in [2.45, 2.75) is 30.7 Å². The molecule has 0 saturated heterocycles. The van der Waals surface area contributed by atoms with Crippen molar-refractivity contribution in [3.8, 4) is 0 Å². The molecule has 0 spiro atoms. The molecule has 1 aromatic rings. The Hall–Kier alpha value is -0.670. The van der Waals surface area contributed by atoms with Gasteiger partial charge < -0.3 is 35.5 Å². The van der Waals surface area contributed by atoms with Crippen LogP contribution in [-0.4, -0.2) is 68.3 Å². The van der Waals surface area contributed by atoms with Crippen LogP contribution in [0.2, 0.25) is 0 Å². The van der Waals surface area contributed by atoms with Gasteiger partial charge in [0.05, 0.1) is 6.04 Å². The zero-order valence-corrected chi connectivity index (χ0v) is 20.1. The quantitative estimate of drug-likeness (QED) is 0.120. The summed E-state index contributed by atoms with van der Waals surface area (Å²) in [5, 5.41) is 0.434. The van der Waals surface area contributed by atoms with Crippen molar-refractivity contribution < 1.29 is 33.5 Å². The van der Waals surface area contributed by atoms with E-state index >= 15 is 0 Å². The molecule has 7 N–H and O–H groups in total. The van der Waals surface area contributed by atoms with Crippen LogP contribution >= 0.6 is 38.4 Å². The molecule has 0 heterocycles. The number of carbonyl (C=O) groups is 1. The highest BCUT2D eigenvalue weighted by Crippen LogP contribution is 2.61. The summed E-state index contributed by atoms with van der Waals surface area (Å²) in [6.45, 7) is 1.29. The van der Waals surface area contributed by atoms with Crippen molar-refractivity contribution in [1.29, 1.82) is 0 Å². The van der Waals surface area contributed by atoms with Crippen LogP contribution in [0.25, 0.3) is 0 Å². The molecule has 1 amide bonds. The van der Waals surface area contributed by atoms with Gasteiger partial charge in [0.2, 0.25) is 5.91 Å². The number of alkyl halides is 2. The van der Waals surface area contributed by atoms with Gasteiger partial charge in [0.15, 0.2) is 5.40 Å². The number of anilines is 1. The number of carbonyl (C=O) groups excluding carboxylic acids is 1. The second kappa shape index (κ2) is 13.1. The molecule has 178 valence electrons. The van der Waals surface area contributed by atoms with Crippen LogP contribution in [0.15, 0.2) is 24.3 Å². The number of amides is 1. The number of hydrogen-bond acceptors (Lipinski definition) is 5. The van der Waals surface area contributed by atoms with Gasteiger partial charge in [-0.2, -0.15) is 0 Å². The molecule has 0 aromatic heterocycles. The standard InChI is InChI=1S/C17H29Cl2N3O7P2/c18-7-10-22(11-8-19)14-5-3-13(4-6-14)12-15(20)17(23)21-9-1-2-16(30(24,25)26)31(27,28)29/h3-6,15-16H,1-2,7-12,20H2,(H,21,23)(H2,24,25,26)(H2,27,28,29)/t15-/m0/s1. The van der Waals surface area contributed by atoms with Gasteiger partial charge in [0.1, 0.15) is 0 Å². The van der Waals surface area contributed by atoms with E-state index in [9.17, 15) is 13.9 Å². The van der Waals surface area contributed by atoms with Crippen LogP contribution in [0.5, 0.6) is 0 Å². The number of nitrogens with zero attached hydrogens (tertiary/aromatic N) is 1. The minimum absolute atomic E-state index is 0.0201. The van der Waals surface area contributed by atoms with Gasteiger partial charge in [-0.3, -0.25) is 13.9 Å². The fourth-order valence-electron chi connectivity index (χ4n) is 2.92. The van der Waals surface area contributed by atoms with Gasteiger partial charge >= 0.3 is 15.2 Å². The Morgan fingerprint density at radius 3 is 2.00 bits per heavy atom. The summed E-state index contributed by atoms with van der Waals surface area (Å²) in [6.07, 6.45) is -0.192. The van der Waals surface area contributed by atoms with E-state index < -0.39 is 39.0 Å². The largest absolute Gasteiger partial charge is 0.369 e. The average Bonchev–Trinajstić information content (AvgIpc) is 2.66. The highest BCUT2D eigenvalue weighted by atomic mass is 35.5. The lowest BCUT2D eigenvalue weighted by molar-refractivity contribution is -0.122. The minimum Gasteiger partial charge on any atom is -0.369 e. The lowest BCUT2D eigenvalue weighted by Gasteiger charge is -2.23. The first kappa shape index (κ1) is 28.4. The molecule has 0 bridgehead atoms. The molecular formula is C17H29Cl2N3O7P2. The van der Waals surface area contributed by atoms with Crippen LogP contribution in [0, 0.1) is 0 Å². The molecular weight excluding hydrogens is 491 g/mol. The summed E-state index contributed by atoms with van der Waals surface area (Å²) in [5.41, 5.74) is 7.71. The lowest BCUT2D eigenvalue weighted by atomic mass is 10.1. The number of rotatable bonds is 14. The first-order valence-electron chi connectivity index (χ1n) is 9.49. The molecule has 10 nitrogen and oxygen atoms in total. The topological polar surface area (TPSA) is 173 Å². The molecule has 31 heavy (non-hydrogen) atoms. The average molecular weight is 520 g/mol. The number of benzene rings is 1. The van der Waals surface area contributed by atoms with E-state index in [1.807, 2.05) is 29.2 Å². The van der Waals surface area contributed by atoms with Crippen LogP contribution in [0.3, 0.4) is 0 Å². The molecule has 14 heteroatoms. The zero-order valence-electron chi connectivity index (χ0n) is 16.8. The normalized spacial score (nSPS) is 13.3. The zero-order chi connectivity index (χ0) is 23.7. The van der Waals surface area contributed by atoms with Gasteiger partial charge in [-0.25, -0.2) is 0 Å². The lowest BCUT2D eigenvalue weighted by Crippen LogP contribution is -2.42. The third kappa shape index (κ3) is 10.2. The summed E-state index contributed by atoms with van der Waals surface area (Å²) in [5.74, 6) is 0.457. The third-order valence-electron chi connectivity index (χ3n) is 4.52. The molecule has 1 atom stereocenters. The number of nitrogens with two attached hydrogens (primary N) is 1. The Morgan fingerprint density at radius 2 is 1.55 bits per heavy atom. The minimum atomic E-state index is -4.97. The number of halogens is 2. The monoisotopic (exact) mass is 519 g/mol. The number of nitrogens with one attached hydrogen (secondary N) is 1. The van der Waals surface area contributed by atoms with E-state index in [0.29, 0.717) is 24.8 Å². The van der Waals surface area contributed by atoms with Crippen molar-refractivity contribution in [2.75, 3.05) is 36.3 Å². The molecule has 0 aliphatic rings. The number of hydrogen-bond donors (Lipinski definition) is 6. The summed E-state index contributed by atoms with van der Waals surface area (Å²) in [6, 6.07) is 6.63. The Kier molecular flexibility index (Phi) is 12.0. The summed E-state index contributed by atoms with van der Waals surface area (Å²) < 4.78 is 22.5. The molecule has 0 unspecified atom stereocenters. The van der Waals surface area contributed by atoms with Gasteiger partial charge in [-0.15, -0.1) is 23.2 Å². The SMILES string of the molecule is N[C@@H](Cc1ccc(N(CCCl)CCCl)cc1)C(=O)NCCCC(P(=O)(O)O)P(=O)(O)O. The first-order valence-corrected chi connectivity index (χ1v) is 13.9. The maximum absolute atomic E-state index is 12.2. The Labute approximate surface area is 191 Å². The van der Waals surface area contributed by atoms with E-state index in [0.717, 1.165) is 11.3 Å². The van der Waals surface area contributed by atoms with E-state index in [1.54, 1.807) is 0 Å². The predicted octanol–water partition coefficient (Wildman–Crippen LogP) is 1.42. The fourth-order valence-corrected chi connectivity index (χ4v) is 5.94. The molecule has 0 fully saturated rings. The second-order valence-electron chi connectivity index (χ2n) is 6.93. The van der Waals surface area contributed by atoms with Gasteiger partial charge in [0, 0.05) is 37.1 Å². The van der Waals surface area contributed by atoms with Gasteiger partial charge in [-0.05, 0) is 37.0 Å². The Balaban J connectivity index is 2.53. The highest BCUT2D eigenvalue weighted by Gasteiger charge is 2.42. The van der Waals surface area contributed by atoms with Crippen molar-refractivity contribution in [2.24, 2.45) is 5.73 Å². The van der Waals surface area contributed by atoms with E-state index in [4.69, 9.17) is 48.5 Å². The first-order chi connectivity index (χ1) is 14.4. The molecule has 0 saturated carbocycles. The van der Waals surface area contributed by atoms with Crippen molar-refractivity contribution in [1.82, 2.24) is 5.32 Å².